The van der Waals surface area contributed by atoms with E-state index in [-0.39, 0.29) is 0 Å². The molecule has 0 saturated heterocycles. The molecule has 12 heavy (non-hydrogen) atoms. The summed E-state index contributed by atoms with van der Waals surface area (Å²) in [4.78, 5) is 0. The molecule has 62 valence electrons. The fourth-order valence-electron chi connectivity index (χ4n) is 0.910. The minimum Gasteiger partial charge on any atom is -0.364 e. The van der Waals surface area contributed by atoms with Crippen molar-refractivity contribution in [1.29, 1.82) is 0 Å². The van der Waals surface area contributed by atoms with Crippen LogP contribution in [-0.2, 0) is 6.54 Å². The summed E-state index contributed by atoms with van der Waals surface area (Å²) in [6, 6.07) is 1.82. The molecule has 0 aliphatic heterocycles. The molecule has 0 aliphatic carbocycles. The maximum absolute atomic E-state index is 4.69. The summed E-state index contributed by atoms with van der Waals surface area (Å²) >= 11 is 3.31. The highest BCUT2D eigenvalue weighted by Gasteiger charge is 1.99. The molecule has 2 heterocycles. The van der Waals surface area contributed by atoms with Gasteiger partial charge in [-0.25, -0.2) is 0 Å². The molecule has 4 nitrogen and oxygen atoms in total. The lowest BCUT2D eigenvalue weighted by atomic mass is 10.4. The first kappa shape index (κ1) is 7.54. The standard InChI is InChI=1S/C7H6BrN3O/c8-6-3-9-11(4-6)5-7-1-2-12-10-7/h1-4H,5H2. The number of hydrogen-bond acceptors (Lipinski definition) is 3. The minimum atomic E-state index is 0.641. The molecule has 0 fully saturated rings. The number of aromatic nitrogens is 3. The van der Waals surface area contributed by atoms with Gasteiger partial charge in [0.2, 0.25) is 0 Å². The summed E-state index contributed by atoms with van der Waals surface area (Å²) in [5, 5.41) is 7.85. The average Bonchev–Trinajstić information content (AvgIpc) is 2.63. The molecule has 0 N–H and O–H groups in total. The first-order chi connectivity index (χ1) is 5.84. The Morgan fingerprint density at radius 2 is 2.50 bits per heavy atom. The zero-order valence-corrected chi connectivity index (χ0v) is 7.73. The summed E-state index contributed by atoms with van der Waals surface area (Å²) in [6.45, 7) is 0.641. The zero-order chi connectivity index (χ0) is 8.39. The van der Waals surface area contributed by atoms with Crippen LogP contribution in [0.2, 0.25) is 0 Å². The van der Waals surface area contributed by atoms with Crippen LogP contribution in [-0.4, -0.2) is 14.9 Å². The molecule has 0 bridgehead atoms. The van der Waals surface area contributed by atoms with Crippen LogP contribution < -0.4 is 0 Å². The Labute approximate surface area is 77.3 Å². The summed E-state index contributed by atoms with van der Waals surface area (Å²) < 4.78 is 7.43. The lowest BCUT2D eigenvalue weighted by Crippen LogP contribution is -1.99. The van der Waals surface area contributed by atoms with E-state index in [4.69, 9.17) is 4.52 Å². The van der Waals surface area contributed by atoms with Gasteiger partial charge in [-0.2, -0.15) is 5.10 Å². The third kappa shape index (κ3) is 1.55. The summed E-state index contributed by atoms with van der Waals surface area (Å²) in [5.41, 5.74) is 0.866. The highest BCUT2D eigenvalue weighted by atomic mass is 79.9. The van der Waals surface area contributed by atoms with Crippen LogP contribution in [0.4, 0.5) is 0 Å². The quantitative estimate of drug-likeness (QED) is 0.785. The molecule has 0 amide bonds. The van der Waals surface area contributed by atoms with E-state index in [0.717, 1.165) is 10.2 Å². The smallest absolute Gasteiger partial charge is 0.124 e. The normalized spacial score (nSPS) is 10.4. The van der Waals surface area contributed by atoms with Crippen LogP contribution in [0.1, 0.15) is 5.69 Å². The van der Waals surface area contributed by atoms with Gasteiger partial charge < -0.3 is 4.52 Å². The second-order valence-corrected chi connectivity index (χ2v) is 3.26. The van der Waals surface area contributed by atoms with Crippen molar-refractivity contribution in [1.82, 2.24) is 14.9 Å². The molecule has 2 rings (SSSR count). The van der Waals surface area contributed by atoms with Crippen molar-refractivity contribution in [2.75, 3.05) is 0 Å². The first-order valence-corrected chi connectivity index (χ1v) is 4.21. The maximum Gasteiger partial charge on any atom is 0.124 e. The molecule has 0 spiro atoms. The molecule has 0 aliphatic rings. The monoisotopic (exact) mass is 227 g/mol. The maximum atomic E-state index is 4.69. The van der Waals surface area contributed by atoms with Crippen LogP contribution in [0.3, 0.4) is 0 Å². The Balaban J connectivity index is 2.14. The van der Waals surface area contributed by atoms with Crippen LogP contribution >= 0.6 is 15.9 Å². The van der Waals surface area contributed by atoms with Crippen molar-refractivity contribution in [2.24, 2.45) is 0 Å². The van der Waals surface area contributed by atoms with E-state index in [1.165, 1.54) is 0 Å². The second kappa shape index (κ2) is 3.10. The molecule has 0 atom stereocenters. The lowest BCUT2D eigenvalue weighted by molar-refractivity contribution is 0.408. The van der Waals surface area contributed by atoms with Gasteiger partial charge in [0.05, 0.1) is 17.2 Å². The fourth-order valence-corrected chi connectivity index (χ4v) is 1.24. The van der Waals surface area contributed by atoms with Crippen molar-refractivity contribution < 1.29 is 4.52 Å². The lowest BCUT2D eigenvalue weighted by Gasteiger charge is -1.93. The third-order valence-electron chi connectivity index (χ3n) is 1.42. The van der Waals surface area contributed by atoms with E-state index < -0.39 is 0 Å². The number of hydrogen-bond donors (Lipinski definition) is 0. The molecule has 5 heteroatoms. The van der Waals surface area contributed by atoms with Crippen LogP contribution in [0.15, 0.2) is 33.7 Å². The molecule has 2 aromatic heterocycles. The largest absolute Gasteiger partial charge is 0.364 e. The topological polar surface area (TPSA) is 43.9 Å². The predicted molar refractivity (Wildman–Crippen MR) is 45.5 cm³/mol. The van der Waals surface area contributed by atoms with Crippen molar-refractivity contribution in [3.05, 3.63) is 34.9 Å². The van der Waals surface area contributed by atoms with Crippen molar-refractivity contribution in [3.8, 4) is 0 Å². The third-order valence-corrected chi connectivity index (χ3v) is 1.83. The van der Waals surface area contributed by atoms with Crippen molar-refractivity contribution in [3.63, 3.8) is 0 Å². The average molecular weight is 228 g/mol. The Hall–Kier alpha value is -1.10. The van der Waals surface area contributed by atoms with Crippen LogP contribution in [0.25, 0.3) is 0 Å². The predicted octanol–water partition coefficient (Wildman–Crippen LogP) is 1.68. The van der Waals surface area contributed by atoms with Gasteiger partial charge in [0.25, 0.3) is 0 Å². The van der Waals surface area contributed by atoms with Gasteiger partial charge in [-0.05, 0) is 15.9 Å². The summed E-state index contributed by atoms with van der Waals surface area (Å²) in [7, 11) is 0. The van der Waals surface area contributed by atoms with E-state index >= 15 is 0 Å². The fraction of sp³-hybridized carbons (Fsp3) is 0.143. The van der Waals surface area contributed by atoms with E-state index in [0.29, 0.717) is 6.54 Å². The zero-order valence-electron chi connectivity index (χ0n) is 6.14. The molecule has 0 saturated carbocycles. The molecule has 2 aromatic rings. The minimum absolute atomic E-state index is 0.641. The van der Waals surface area contributed by atoms with E-state index in [1.54, 1.807) is 17.1 Å². The Morgan fingerprint density at radius 1 is 1.58 bits per heavy atom. The molecular weight excluding hydrogens is 222 g/mol. The molecule has 0 radical (unpaired) electrons. The highest BCUT2D eigenvalue weighted by Crippen LogP contribution is 2.07. The van der Waals surface area contributed by atoms with Gasteiger partial charge in [-0.15, -0.1) is 0 Å². The van der Waals surface area contributed by atoms with Gasteiger partial charge in [0.15, 0.2) is 0 Å². The summed E-state index contributed by atoms with van der Waals surface area (Å²) in [6.07, 6.45) is 5.17. The Bertz CT molecular complexity index is 354. The number of halogens is 1. The van der Waals surface area contributed by atoms with Gasteiger partial charge in [0, 0.05) is 12.3 Å². The summed E-state index contributed by atoms with van der Waals surface area (Å²) in [5.74, 6) is 0. The van der Waals surface area contributed by atoms with E-state index in [1.807, 2.05) is 12.3 Å². The molecule has 0 aromatic carbocycles. The first-order valence-electron chi connectivity index (χ1n) is 3.42. The van der Waals surface area contributed by atoms with Gasteiger partial charge >= 0.3 is 0 Å². The Kier molecular flexibility index (Phi) is 1.95. The SMILES string of the molecule is Brc1cnn(Cc2ccon2)c1. The van der Waals surface area contributed by atoms with Crippen LogP contribution in [0, 0.1) is 0 Å². The van der Waals surface area contributed by atoms with E-state index in [2.05, 4.69) is 26.2 Å². The molecular formula is C7H6BrN3O. The number of rotatable bonds is 2. The van der Waals surface area contributed by atoms with Crippen LogP contribution in [0.5, 0.6) is 0 Å². The Morgan fingerprint density at radius 3 is 3.08 bits per heavy atom. The van der Waals surface area contributed by atoms with Crippen molar-refractivity contribution in [2.45, 2.75) is 6.54 Å². The van der Waals surface area contributed by atoms with Gasteiger partial charge in [0.1, 0.15) is 12.0 Å². The van der Waals surface area contributed by atoms with E-state index in [9.17, 15) is 0 Å². The molecule has 0 unspecified atom stereocenters. The van der Waals surface area contributed by atoms with Crippen molar-refractivity contribution >= 4 is 15.9 Å². The number of nitrogens with zero attached hydrogens (tertiary/aromatic N) is 3. The van der Waals surface area contributed by atoms with Gasteiger partial charge in [-0.1, -0.05) is 5.16 Å². The highest BCUT2D eigenvalue weighted by molar-refractivity contribution is 9.10. The second-order valence-electron chi connectivity index (χ2n) is 2.35. The van der Waals surface area contributed by atoms with Gasteiger partial charge in [-0.3, -0.25) is 4.68 Å².